The molecule has 20 heavy (non-hydrogen) atoms. The van der Waals surface area contributed by atoms with E-state index in [0.29, 0.717) is 6.61 Å². The molecule has 2 heterocycles. The average molecular weight is 274 g/mol. The topological polar surface area (TPSA) is 66.0 Å². The fraction of sp³-hybridized carbons (Fsp3) is 0.467. The second-order valence-corrected chi connectivity index (χ2v) is 5.10. The summed E-state index contributed by atoms with van der Waals surface area (Å²) >= 11 is 0. The highest BCUT2D eigenvalue weighted by atomic mass is 16.5. The highest BCUT2D eigenvalue weighted by molar-refractivity contribution is 5.29. The van der Waals surface area contributed by atoms with Crippen molar-refractivity contribution in [3.05, 3.63) is 41.7 Å². The van der Waals surface area contributed by atoms with Crippen LogP contribution in [0.5, 0.6) is 5.75 Å². The molecule has 0 fully saturated rings. The van der Waals surface area contributed by atoms with Gasteiger partial charge in [-0.15, -0.1) is 0 Å². The van der Waals surface area contributed by atoms with Gasteiger partial charge < -0.3 is 15.0 Å². The lowest BCUT2D eigenvalue weighted by molar-refractivity contribution is 0.292. The average Bonchev–Trinajstić information content (AvgIpc) is 2.77. The van der Waals surface area contributed by atoms with Crippen molar-refractivity contribution in [2.24, 2.45) is 5.73 Å². The summed E-state index contributed by atoms with van der Waals surface area (Å²) in [6.07, 6.45) is 4.47. The van der Waals surface area contributed by atoms with Crippen molar-refractivity contribution in [1.82, 2.24) is 14.5 Å². The molecule has 0 aliphatic carbocycles. The Balaban J connectivity index is 2.00. The van der Waals surface area contributed by atoms with Crippen LogP contribution in [0, 0.1) is 13.8 Å². The van der Waals surface area contributed by atoms with Gasteiger partial charge in [0.15, 0.2) is 0 Å². The quantitative estimate of drug-likeness (QED) is 0.873. The zero-order valence-electron chi connectivity index (χ0n) is 12.3. The first-order valence-electron chi connectivity index (χ1n) is 6.89. The van der Waals surface area contributed by atoms with Gasteiger partial charge in [-0.2, -0.15) is 0 Å². The normalized spacial score (nSPS) is 12.4. The van der Waals surface area contributed by atoms with Crippen LogP contribution < -0.4 is 10.5 Å². The van der Waals surface area contributed by atoms with Gasteiger partial charge in [-0.05, 0) is 32.9 Å². The highest BCUT2D eigenvalue weighted by Crippen LogP contribution is 2.18. The molecule has 0 aliphatic rings. The number of hydrogen-bond donors (Lipinski definition) is 1. The Morgan fingerprint density at radius 2 is 2.15 bits per heavy atom. The molecule has 0 bridgehead atoms. The minimum Gasteiger partial charge on any atom is -0.490 e. The Kier molecular flexibility index (Phi) is 4.74. The van der Waals surface area contributed by atoms with Crippen LogP contribution in [-0.2, 0) is 13.0 Å². The number of aryl methyl sites for hydroxylation is 2. The smallest absolute Gasteiger partial charge is 0.140 e. The number of aromatic nitrogens is 3. The van der Waals surface area contributed by atoms with E-state index in [1.165, 1.54) is 0 Å². The lowest BCUT2D eigenvalue weighted by Gasteiger charge is -2.13. The monoisotopic (exact) mass is 274 g/mol. The van der Waals surface area contributed by atoms with Gasteiger partial charge >= 0.3 is 0 Å². The second-order valence-electron chi connectivity index (χ2n) is 5.10. The Morgan fingerprint density at radius 1 is 1.35 bits per heavy atom. The third-order valence-electron chi connectivity index (χ3n) is 3.10. The van der Waals surface area contributed by atoms with Crippen LogP contribution in [0.2, 0.25) is 0 Å². The highest BCUT2D eigenvalue weighted by Gasteiger charge is 2.08. The molecule has 0 aromatic carbocycles. The van der Waals surface area contributed by atoms with Crippen molar-refractivity contribution < 1.29 is 4.74 Å². The summed E-state index contributed by atoms with van der Waals surface area (Å²) in [4.78, 5) is 8.71. The summed E-state index contributed by atoms with van der Waals surface area (Å²) in [7, 11) is 0. The van der Waals surface area contributed by atoms with Crippen LogP contribution in [0.4, 0.5) is 0 Å². The van der Waals surface area contributed by atoms with Gasteiger partial charge in [0.2, 0.25) is 0 Å². The number of ether oxygens (including phenoxy) is 1. The standard InChI is InChI=1S/C15H22N4O/c1-11(16)10-14-15(5-4-12(2)18-14)20-9-8-19-7-6-17-13(19)3/h4-7,11H,8-10,16H2,1-3H3. The molecule has 0 aliphatic heterocycles. The molecule has 2 N–H and O–H groups in total. The van der Waals surface area contributed by atoms with Gasteiger partial charge in [0.05, 0.1) is 12.2 Å². The second kappa shape index (κ2) is 6.52. The predicted octanol–water partition coefficient (Wildman–Crippen LogP) is 1.86. The molecule has 0 spiro atoms. The number of hydrogen-bond acceptors (Lipinski definition) is 4. The van der Waals surface area contributed by atoms with E-state index in [0.717, 1.165) is 35.9 Å². The van der Waals surface area contributed by atoms with Gasteiger partial charge in [-0.1, -0.05) is 0 Å². The number of rotatable bonds is 6. The zero-order chi connectivity index (χ0) is 14.5. The molecule has 0 saturated heterocycles. The van der Waals surface area contributed by atoms with Gasteiger partial charge in [0, 0.05) is 30.6 Å². The summed E-state index contributed by atoms with van der Waals surface area (Å²) in [6.45, 7) is 7.30. The van der Waals surface area contributed by atoms with Crippen molar-refractivity contribution in [3.8, 4) is 5.75 Å². The minimum absolute atomic E-state index is 0.0718. The zero-order valence-corrected chi connectivity index (χ0v) is 12.3. The Bertz CT molecular complexity index is 563. The van der Waals surface area contributed by atoms with Crippen LogP contribution in [0.25, 0.3) is 0 Å². The number of imidazole rings is 1. The van der Waals surface area contributed by atoms with E-state index in [-0.39, 0.29) is 6.04 Å². The van der Waals surface area contributed by atoms with E-state index in [4.69, 9.17) is 10.5 Å². The Labute approximate surface area is 119 Å². The molecule has 108 valence electrons. The number of pyridine rings is 1. The van der Waals surface area contributed by atoms with Crippen LogP contribution in [0.15, 0.2) is 24.5 Å². The van der Waals surface area contributed by atoms with Crippen molar-refractivity contribution in [1.29, 1.82) is 0 Å². The SMILES string of the molecule is Cc1ccc(OCCn2ccnc2C)c(CC(C)N)n1. The molecule has 5 heteroatoms. The van der Waals surface area contributed by atoms with Crippen molar-refractivity contribution >= 4 is 0 Å². The molecule has 0 radical (unpaired) electrons. The van der Waals surface area contributed by atoms with E-state index >= 15 is 0 Å². The van der Waals surface area contributed by atoms with E-state index in [9.17, 15) is 0 Å². The molecule has 5 nitrogen and oxygen atoms in total. The number of nitrogens with zero attached hydrogens (tertiary/aromatic N) is 3. The first-order chi connectivity index (χ1) is 9.56. The van der Waals surface area contributed by atoms with Gasteiger partial charge in [0.25, 0.3) is 0 Å². The number of nitrogens with two attached hydrogens (primary N) is 1. The van der Waals surface area contributed by atoms with E-state index < -0.39 is 0 Å². The fourth-order valence-corrected chi connectivity index (χ4v) is 2.07. The molecule has 2 aromatic heterocycles. The van der Waals surface area contributed by atoms with Crippen LogP contribution in [0.3, 0.4) is 0 Å². The minimum atomic E-state index is 0.0718. The first-order valence-corrected chi connectivity index (χ1v) is 6.89. The van der Waals surface area contributed by atoms with Crippen LogP contribution in [0.1, 0.15) is 24.1 Å². The summed E-state index contributed by atoms with van der Waals surface area (Å²) in [5.74, 6) is 1.82. The molecule has 1 atom stereocenters. The first kappa shape index (κ1) is 14.5. The summed E-state index contributed by atoms with van der Waals surface area (Å²) < 4.78 is 7.92. The molecule has 1 unspecified atom stereocenters. The van der Waals surface area contributed by atoms with Gasteiger partial charge in [0.1, 0.15) is 18.2 Å². The van der Waals surface area contributed by atoms with E-state index in [2.05, 4.69) is 14.5 Å². The van der Waals surface area contributed by atoms with Crippen LogP contribution >= 0.6 is 0 Å². The van der Waals surface area contributed by atoms with Gasteiger partial charge in [-0.25, -0.2) is 4.98 Å². The van der Waals surface area contributed by atoms with Gasteiger partial charge in [-0.3, -0.25) is 4.98 Å². The third kappa shape index (κ3) is 3.81. The largest absolute Gasteiger partial charge is 0.490 e. The van der Waals surface area contributed by atoms with Crippen molar-refractivity contribution in [2.45, 2.75) is 39.8 Å². The maximum Gasteiger partial charge on any atom is 0.140 e. The predicted molar refractivity (Wildman–Crippen MR) is 78.8 cm³/mol. The van der Waals surface area contributed by atoms with Crippen molar-refractivity contribution in [3.63, 3.8) is 0 Å². The summed E-state index contributed by atoms with van der Waals surface area (Å²) in [5, 5.41) is 0. The fourth-order valence-electron chi connectivity index (χ4n) is 2.07. The van der Waals surface area contributed by atoms with E-state index in [1.807, 2.05) is 39.1 Å². The molecule has 2 aromatic rings. The Hall–Kier alpha value is -1.88. The van der Waals surface area contributed by atoms with E-state index in [1.54, 1.807) is 6.20 Å². The lowest BCUT2D eigenvalue weighted by Crippen LogP contribution is -2.20. The summed E-state index contributed by atoms with van der Waals surface area (Å²) in [6, 6.07) is 4.01. The van der Waals surface area contributed by atoms with Crippen LogP contribution in [-0.4, -0.2) is 27.2 Å². The third-order valence-corrected chi connectivity index (χ3v) is 3.10. The molecule has 0 saturated carbocycles. The Morgan fingerprint density at radius 3 is 2.80 bits per heavy atom. The molecular weight excluding hydrogens is 252 g/mol. The maximum absolute atomic E-state index is 5.86. The molecular formula is C15H22N4O. The molecule has 2 rings (SSSR count). The lowest BCUT2D eigenvalue weighted by atomic mass is 10.1. The molecule has 0 amide bonds. The van der Waals surface area contributed by atoms with Crippen molar-refractivity contribution in [2.75, 3.05) is 6.61 Å². The summed E-state index contributed by atoms with van der Waals surface area (Å²) in [5.41, 5.74) is 7.78. The maximum atomic E-state index is 5.86.